The first-order valence-electron chi connectivity index (χ1n) is 6.47. The second kappa shape index (κ2) is 4.48. The van der Waals surface area contributed by atoms with Gasteiger partial charge in [-0.25, -0.2) is 4.79 Å². The van der Waals surface area contributed by atoms with Crippen molar-refractivity contribution in [3.8, 4) is 0 Å². The zero-order valence-corrected chi connectivity index (χ0v) is 10.2. The van der Waals surface area contributed by atoms with Crippen molar-refractivity contribution in [2.24, 2.45) is 0 Å². The molecule has 0 bridgehead atoms. The monoisotopic (exact) mass is 244 g/mol. The van der Waals surface area contributed by atoms with E-state index in [4.69, 9.17) is 9.47 Å². The minimum Gasteiger partial charge on any atom is -0.419 e. The van der Waals surface area contributed by atoms with E-state index in [2.05, 4.69) is 0 Å². The molecule has 18 heavy (non-hydrogen) atoms. The summed E-state index contributed by atoms with van der Waals surface area (Å²) in [5.41, 5.74) is 0.543. The molecule has 0 N–H and O–H groups in total. The molecule has 2 fully saturated rings. The zero-order valence-electron chi connectivity index (χ0n) is 10.2. The fraction of sp³-hybridized carbons (Fsp3) is 0.400. The fourth-order valence-corrected chi connectivity index (χ4v) is 2.75. The molecule has 1 aliphatic heterocycles. The number of hydrogen-bond acceptors (Lipinski definition) is 3. The van der Waals surface area contributed by atoms with Gasteiger partial charge in [-0.3, -0.25) is 0 Å². The summed E-state index contributed by atoms with van der Waals surface area (Å²) in [6.07, 6.45) is 6.49. The van der Waals surface area contributed by atoms with Gasteiger partial charge in [-0.2, -0.15) is 0 Å². The number of carbonyl (C=O) groups is 1. The molecule has 1 spiro atoms. The van der Waals surface area contributed by atoms with Crippen molar-refractivity contribution in [1.29, 1.82) is 0 Å². The van der Waals surface area contributed by atoms with Gasteiger partial charge in [0, 0.05) is 0 Å². The normalized spacial score (nSPS) is 24.0. The van der Waals surface area contributed by atoms with Crippen LogP contribution in [0.25, 0.3) is 6.08 Å². The zero-order chi connectivity index (χ0) is 12.4. The first-order valence-corrected chi connectivity index (χ1v) is 6.47. The lowest BCUT2D eigenvalue weighted by atomic mass is 9.83. The van der Waals surface area contributed by atoms with E-state index < -0.39 is 11.8 Å². The van der Waals surface area contributed by atoms with E-state index in [9.17, 15) is 4.79 Å². The van der Waals surface area contributed by atoms with Gasteiger partial charge in [0.15, 0.2) is 11.4 Å². The fourth-order valence-electron chi connectivity index (χ4n) is 2.75. The second-order valence-electron chi connectivity index (χ2n) is 4.93. The molecule has 0 unspecified atom stereocenters. The maximum Gasteiger partial charge on any atom is 0.514 e. The maximum atomic E-state index is 11.4. The molecule has 0 atom stereocenters. The van der Waals surface area contributed by atoms with Gasteiger partial charge in [0.1, 0.15) is 0 Å². The molecule has 3 nitrogen and oxygen atoms in total. The van der Waals surface area contributed by atoms with Gasteiger partial charge in [0.25, 0.3) is 0 Å². The smallest absolute Gasteiger partial charge is 0.419 e. The quantitative estimate of drug-likeness (QED) is 0.703. The Morgan fingerprint density at radius 3 is 2.50 bits per heavy atom. The number of cyclic esters (lactones) is 1. The highest BCUT2D eigenvalue weighted by molar-refractivity contribution is 5.70. The van der Waals surface area contributed by atoms with Crippen molar-refractivity contribution in [3.63, 3.8) is 0 Å². The molecule has 0 radical (unpaired) electrons. The second-order valence-corrected chi connectivity index (χ2v) is 4.93. The van der Waals surface area contributed by atoms with Gasteiger partial charge in [0.05, 0.1) is 0 Å². The molecular formula is C15H16O3. The third-order valence-corrected chi connectivity index (χ3v) is 3.68. The van der Waals surface area contributed by atoms with Crippen LogP contribution in [-0.4, -0.2) is 11.8 Å². The largest absolute Gasteiger partial charge is 0.514 e. The Hall–Kier alpha value is -1.77. The Bertz CT molecular complexity index is 470. The summed E-state index contributed by atoms with van der Waals surface area (Å²) in [4.78, 5) is 11.4. The standard InChI is InChI=1S/C15H16O3/c16-14-17-13(11-12-7-3-1-4-8-12)15(18-14)9-5-2-6-10-15/h1,3-4,7-8,11H,2,5-6,9-10H2/b13-11-. The third kappa shape index (κ3) is 2.01. The third-order valence-electron chi connectivity index (χ3n) is 3.68. The first kappa shape index (κ1) is 11.3. The van der Waals surface area contributed by atoms with Crippen LogP contribution in [-0.2, 0) is 9.47 Å². The molecule has 2 aliphatic rings. The van der Waals surface area contributed by atoms with Gasteiger partial charge in [-0.15, -0.1) is 0 Å². The van der Waals surface area contributed by atoms with Crippen molar-refractivity contribution in [3.05, 3.63) is 41.7 Å². The van der Waals surface area contributed by atoms with Crippen LogP contribution in [0.1, 0.15) is 37.7 Å². The summed E-state index contributed by atoms with van der Waals surface area (Å²) in [6, 6.07) is 9.90. The minimum absolute atomic E-state index is 0.495. The topological polar surface area (TPSA) is 35.5 Å². The summed E-state index contributed by atoms with van der Waals surface area (Å²) < 4.78 is 10.7. The van der Waals surface area contributed by atoms with E-state index in [1.807, 2.05) is 36.4 Å². The van der Waals surface area contributed by atoms with Crippen LogP contribution in [0.15, 0.2) is 36.1 Å². The maximum absolute atomic E-state index is 11.4. The Balaban J connectivity index is 1.94. The molecule has 94 valence electrons. The van der Waals surface area contributed by atoms with Crippen molar-refractivity contribution in [2.45, 2.75) is 37.7 Å². The Kier molecular flexibility index (Phi) is 2.82. The highest BCUT2D eigenvalue weighted by Crippen LogP contribution is 2.43. The minimum atomic E-state index is -0.556. The number of ether oxygens (including phenoxy) is 2. The molecule has 1 aromatic rings. The molecule has 3 heteroatoms. The highest BCUT2D eigenvalue weighted by Gasteiger charge is 2.47. The Labute approximate surface area is 106 Å². The lowest BCUT2D eigenvalue weighted by Gasteiger charge is -2.29. The molecule has 1 aromatic carbocycles. The van der Waals surface area contributed by atoms with Gasteiger partial charge in [0.2, 0.25) is 0 Å². The van der Waals surface area contributed by atoms with Gasteiger partial charge >= 0.3 is 6.16 Å². The van der Waals surface area contributed by atoms with Crippen LogP contribution in [0, 0.1) is 0 Å². The molecule has 0 amide bonds. The van der Waals surface area contributed by atoms with E-state index >= 15 is 0 Å². The summed E-state index contributed by atoms with van der Waals surface area (Å²) in [7, 11) is 0. The molecule has 3 rings (SSSR count). The first-order chi connectivity index (χ1) is 8.78. The Morgan fingerprint density at radius 2 is 1.78 bits per heavy atom. The van der Waals surface area contributed by atoms with Crippen molar-refractivity contribution in [1.82, 2.24) is 0 Å². The van der Waals surface area contributed by atoms with E-state index in [0.717, 1.165) is 31.2 Å². The highest BCUT2D eigenvalue weighted by atomic mass is 16.8. The molecule has 1 heterocycles. The summed E-state index contributed by atoms with van der Waals surface area (Å²) >= 11 is 0. The van der Waals surface area contributed by atoms with Crippen molar-refractivity contribution < 1.29 is 14.3 Å². The van der Waals surface area contributed by atoms with Crippen molar-refractivity contribution in [2.75, 3.05) is 0 Å². The van der Waals surface area contributed by atoms with Crippen molar-refractivity contribution >= 4 is 12.2 Å². The number of hydrogen-bond donors (Lipinski definition) is 0. The van der Waals surface area contributed by atoms with Crippen LogP contribution < -0.4 is 0 Å². The lowest BCUT2D eigenvalue weighted by Crippen LogP contribution is -2.32. The summed E-state index contributed by atoms with van der Waals surface area (Å²) in [5, 5.41) is 0. The summed E-state index contributed by atoms with van der Waals surface area (Å²) in [6.45, 7) is 0. The van der Waals surface area contributed by atoms with Gasteiger partial charge < -0.3 is 9.47 Å². The van der Waals surface area contributed by atoms with E-state index in [-0.39, 0.29) is 0 Å². The van der Waals surface area contributed by atoms with Crippen LogP contribution in [0.4, 0.5) is 4.79 Å². The molecule has 1 saturated heterocycles. The van der Waals surface area contributed by atoms with E-state index in [1.165, 1.54) is 6.42 Å². The molecule has 0 aromatic heterocycles. The number of benzene rings is 1. The predicted molar refractivity (Wildman–Crippen MR) is 67.8 cm³/mol. The van der Waals surface area contributed by atoms with Crippen LogP contribution >= 0.6 is 0 Å². The van der Waals surface area contributed by atoms with Gasteiger partial charge in [-0.05, 0) is 37.3 Å². The van der Waals surface area contributed by atoms with Crippen LogP contribution in [0.3, 0.4) is 0 Å². The number of rotatable bonds is 1. The lowest BCUT2D eigenvalue weighted by molar-refractivity contribution is 0.0391. The van der Waals surface area contributed by atoms with Crippen LogP contribution in [0.2, 0.25) is 0 Å². The van der Waals surface area contributed by atoms with Gasteiger partial charge in [-0.1, -0.05) is 36.8 Å². The van der Waals surface area contributed by atoms with E-state index in [0.29, 0.717) is 5.76 Å². The Morgan fingerprint density at radius 1 is 1.06 bits per heavy atom. The molecule has 1 saturated carbocycles. The molecule has 1 aliphatic carbocycles. The predicted octanol–water partition coefficient (Wildman–Crippen LogP) is 3.90. The average Bonchev–Trinajstić information content (AvgIpc) is 2.67. The average molecular weight is 244 g/mol. The molecular weight excluding hydrogens is 228 g/mol. The SMILES string of the molecule is O=C1O/C(=C\c2ccccc2)C2(CCCCC2)O1. The number of carbonyl (C=O) groups excluding carboxylic acids is 1. The summed E-state index contributed by atoms with van der Waals surface area (Å²) in [5.74, 6) is 0.679. The van der Waals surface area contributed by atoms with E-state index in [1.54, 1.807) is 0 Å². The van der Waals surface area contributed by atoms with Crippen LogP contribution in [0.5, 0.6) is 0 Å².